The molecular formula is C25H26FN3O6. The summed E-state index contributed by atoms with van der Waals surface area (Å²) in [4.78, 5) is 17.0. The predicted molar refractivity (Wildman–Crippen MR) is 126 cm³/mol. The van der Waals surface area contributed by atoms with E-state index in [9.17, 15) is 24.5 Å². The van der Waals surface area contributed by atoms with Gasteiger partial charge in [0, 0.05) is 35.1 Å². The van der Waals surface area contributed by atoms with Gasteiger partial charge in [0.1, 0.15) is 47.4 Å². The molecule has 0 aliphatic carbocycles. The van der Waals surface area contributed by atoms with Gasteiger partial charge in [-0.25, -0.2) is 9.37 Å². The molecule has 1 aromatic heterocycles. The third-order valence-electron chi connectivity index (χ3n) is 6.46. The molecule has 35 heavy (non-hydrogen) atoms. The van der Waals surface area contributed by atoms with Gasteiger partial charge in [-0.1, -0.05) is 0 Å². The van der Waals surface area contributed by atoms with Crippen LogP contribution in [-0.2, 0) is 14.3 Å². The van der Waals surface area contributed by atoms with Gasteiger partial charge < -0.3 is 35.4 Å². The highest BCUT2D eigenvalue weighted by Gasteiger charge is 2.42. The van der Waals surface area contributed by atoms with E-state index in [-0.39, 0.29) is 24.6 Å². The fourth-order valence-corrected chi connectivity index (χ4v) is 4.61. The first-order valence-corrected chi connectivity index (χ1v) is 11.3. The largest absolute Gasteiger partial charge is 0.482 e. The maximum atomic E-state index is 13.8. The number of fused-ring (bicyclic) bond motifs is 1. The van der Waals surface area contributed by atoms with E-state index in [0.29, 0.717) is 22.8 Å². The molecule has 3 aliphatic rings. The number of benzene rings is 1. The normalized spacial score (nSPS) is 29.0. The summed E-state index contributed by atoms with van der Waals surface area (Å²) >= 11 is 0. The SMILES string of the molecule is CC1(C)OC(=C2C(=O)Nc3ccc(F)cc32)C=C1c1ccc(NC[C@H]2O[C@H](CO)[C@@H](O)[C@@H]2O)nc1. The summed E-state index contributed by atoms with van der Waals surface area (Å²) in [5, 5.41) is 35.0. The van der Waals surface area contributed by atoms with E-state index in [1.54, 1.807) is 18.3 Å². The van der Waals surface area contributed by atoms with Crippen molar-refractivity contribution in [3.8, 4) is 0 Å². The molecule has 0 unspecified atom stereocenters. The number of rotatable bonds is 5. The lowest BCUT2D eigenvalue weighted by Gasteiger charge is -2.23. The van der Waals surface area contributed by atoms with Crippen LogP contribution in [0.25, 0.3) is 11.1 Å². The molecule has 1 aromatic carbocycles. The van der Waals surface area contributed by atoms with Crippen molar-refractivity contribution in [2.45, 2.75) is 43.9 Å². The van der Waals surface area contributed by atoms with Crippen molar-refractivity contribution >= 4 is 28.6 Å². The van der Waals surface area contributed by atoms with Gasteiger partial charge in [-0.15, -0.1) is 0 Å². The number of halogens is 1. The van der Waals surface area contributed by atoms with Crippen LogP contribution in [0.4, 0.5) is 15.9 Å². The number of aliphatic hydroxyl groups excluding tert-OH is 3. The smallest absolute Gasteiger partial charge is 0.260 e. The highest BCUT2D eigenvalue weighted by Crippen LogP contribution is 2.44. The number of pyridine rings is 1. The highest BCUT2D eigenvalue weighted by atomic mass is 19.1. The summed E-state index contributed by atoms with van der Waals surface area (Å²) in [6, 6.07) is 7.73. The van der Waals surface area contributed by atoms with Crippen LogP contribution in [-0.4, -0.2) is 69.4 Å². The van der Waals surface area contributed by atoms with Crippen LogP contribution in [0.1, 0.15) is 25.0 Å². The van der Waals surface area contributed by atoms with Crippen molar-refractivity contribution < 1.29 is 34.0 Å². The zero-order valence-corrected chi connectivity index (χ0v) is 19.2. The number of carbonyl (C=O) groups is 1. The molecule has 0 bridgehead atoms. The maximum Gasteiger partial charge on any atom is 0.260 e. The average Bonchev–Trinajstić information content (AvgIpc) is 3.42. The van der Waals surface area contributed by atoms with Gasteiger partial charge in [-0.2, -0.15) is 0 Å². The summed E-state index contributed by atoms with van der Waals surface area (Å²) in [5.74, 6) is 0.0980. The number of hydrogen-bond donors (Lipinski definition) is 5. The number of ether oxygens (including phenoxy) is 2. The first-order chi connectivity index (χ1) is 16.7. The standard InChI is InChI=1S/C25H26FN3O6/c1-25(2)15(8-17(35-25)21-14-7-13(26)4-5-16(14)29-24(21)33)12-3-6-20(27-9-12)28-10-18-22(31)23(32)19(11-30)34-18/h3-9,18-19,22-23,30-32H,10-11H2,1-2H3,(H,27,28)(H,29,33)/t18-,19-,22-,23-/m1/s1. The molecule has 3 aliphatic heterocycles. The average molecular weight is 483 g/mol. The summed E-state index contributed by atoms with van der Waals surface area (Å²) in [6.07, 6.45) is -0.332. The molecule has 1 fully saturated rings. The molecule has 0 radical (unpaired) electrons. The topological polar surface area (TPSA) is 133 Å². The molecule has 0 spiro atoms. The van der Waals surface area contributed by atoms with Gasteiger partial charge in [-0.05, 0) is 50.3 Å². The number of nitrogens with zero attached hydrogens (tertiary/aromatic N) is 1. The number of hydrogen-bond acceptors (Lipinski definition) is 8. The van der Waals surface area contributed by atoms with Gasteiger partial charge in [0.25, 0.3) is 5.91 Å². The number of allylic oxidation sites excluding steroid dienone is 1. The first kappa shape index (κ1) is 23.4. The second-order valence-corrected chi connectivity index (χ2v) is 9.24. The van der Waals surface area contributed by atoms with Crippen molar-refractivity contribution in [2.75, 3.05) is 23.8 Å². The van der Waals surface area contributed by atoms with E-state index < -0.39 is 35.8 Å². The number of nitrogens with one attached hydrogen (secondary N) is 2. The van der Waals surface area contributed by atoms with Crippen LogP contribution in [0.3, 0.4) is 0 Å². The highest BCUT2D eigenvalue weighted by molar-refractivity contribution is 6.32. The number of aliphatic hydroxyl groups is 3. The summed E-state index contributed by atoms with van der Waals surface area (Å²) < 4.78 is 25.4. The summed E-state index contributed by atoms with van der Waals surface area (Å²) in [7, 11) is 0. The molecule has 1 saturated heterocycles. The molecule has 0 saturated carbocycles. The fourth-order valence-electron chi connectivity index (χ4n) is 4.61. The van der Waals surface area contributed by atoms with Crippen LogP contribution in [0, 0.1) is 5.82 Å². The van der Waals surface area contributed by atoms with Crippen molar-refractivity contribution in [3.63, 3.8) is 0 Å². The Morgan fingerprint density at radius 3 is 2.63 bits per heavy atom. The third kappa shape index (κ3) is 4.19. The van der Waals surface area contributed by atoms with Gasteiger partial charge in [0.15, 0.2) is 0 Å². The van der Waals surface area contributed by atoms with E-state index in [0.717, 1.165) is 11.1 Å². The number of amides is 1. The minimum Gasteiger partial charge on any atom is -0.482 e. The minimum absolute atomic E-state index is 0.194. The van der Waals surface area contributed by atoms with Crippen molar-refractivity contribution in [3.05, 3.63) is 65.3 Å². The molecule has 4 heterocycles. The lowest BCUT2D eigenvalue weighted by atomic mass is 9.93. The molecule has 1 amide bonds. The number of anilines is 2. The number of carbonyl (C=O) groups excluding carboxylic acids is 1. The van der Waals surface area contributed by atoms with Gasteiger partial charge in [0.05, 0.1) is 12.2 Å². The van der Waals surface area contributed by atoms with Crippen LogP contribution in [0.15, 0.2) is 48.4 Å². The van der Waals surface area contributed by atoms with E-state index in [2.05, 4.69) is 15.6 Å². The van der Waals surface area contributed by atoms with Crippen LogP contribution >= 0.6 is 0 Å². The lowest BCUT2D eigenvalue weighted by molar-refractivity contribution is -0.111. The monoisotopic (exact) mass is 483 g/mol. The molecular weight excluding hydrogens is 457 g/mol. The Balaban J connectivity index is 1.36. The Morgan fingerprint density at radius 2 is 1.94 bits per heavy atom. The van der Waals surface area contributed by atoms with E-state index >= 15 is 0 Å². The van der Waals surface area contributed by atoms with E-state index in [1.165, 1.54) is 18.2 Å². The van der Waals surface area contributed by atoms with Crippen LogP contribution in [0.2, 0.25) is 0 Å². The van der Waals surface area contributed by atoms with Crippen molar-refractivity contribution in [1.82, 2.24) is 4.98 Å². The molecule has 2 aromatic rings. The number of aromatic nitrogens is 1. The van der Waals surface area contributed by atoms with Gasteiger partial charge in [0.2, 0.25) is 0 Å². The molecule has 184 valence electrons. The summed E-state index contributed by atoms with van der Waals surface area (Å²) in [6.45, 7) is 3.56. The van der Waals surface area contributed by atoms with Gasteiger partial charge >= 0.3 is 0 Å². The van der Waals surface area contributed by atoms with Crippen LogP contribution in [0.5, 0.6) is 0 Å². The second-order valence-electron chi connectivity index (χ2n) is 9.24. The Hall–Kier alpha value is -3.31. The van der Waals surface area contributed by atoms with Gasteiger partial charge in [-0.3, -0.25) is 4.79 Å². The summed E-state index contributed by atoms with van der Waals surface area (Å²) in [5.41, 5.74) is 2.11. The molecule has 5 N–H and O–H groups in total. The molecule has 5 rings (SSSR count). The quantitative estimate of drug-likeness (QED) is 0.406. The Morgan fingerprint density at radius 1 is 1.17 bits per heavy atom. The van der Waals surface area contributed by atoms with E-state index in [1.807, 2.05) is 19.9 Å². The van der Waals surface area contributed by atoms with Crippen molar-refractivity contribution in [2.24, 2.45) is 0 Å². The molecule has 9 nitrogen and oxygen atoms in total. The predicted octanol–water partition coefficient (Wildman–Crippen LogP) is 1.67. The lowest BCUT2D eigenvalue weighted by Crippen LogP contribution is -2.36. The third-order valence-corrected chi connectivity index (χ3v) is 6.46. The Kier molecular flexibility index (Phi) is 5.84. The fraction of sp³-hybridized carbons (Fsp3) is 0.360. The second kappa shape index (κ2) is 8.72. The zero-order valence-electron chi connectivity index (χ0n) is 19.2. The van der Waals surface area contributed by atoms with E-state index in [4.69, 9.17) is 9.47 Å². The Labute approximate surface area is 200 Å². The maximum absolute atomic E-state index is 13.8. The van der Waals surface area contributed by atoms with Crippen LogP contribution < -0.4 is 10.6 Å². The zero-order chi connectivity index (χ0) is 24.9. The Bertz CT molecular complexity index is 1230. The first-order valence-electron chi connectivity index (χ1n) is 11.3. The molecule has 10 heteroatoms. The minimum atomic E-state index is -1.15. The molecule has 4 atom stereocenters. The van der Waals surface area contributed by atoms with Crippen molar-refractivity contribution in [1.29, 1.82) is 0 Å².